The lowest BCUT2D eigenvalue weighted by Gasteiger charge is -2.34. The third-order valence-corrected chi connectivity index (χ3v) is 8.48. The monoisotopic (exact) mass is 431 g/mol. The van der Waals surface area contributed by atoms with Crippen LogP contribution in [0, 0.1) is 5.92 Å². The summed E-state index contributed by atoms with van der Waals surface area (Å²) in [4.78, 5) is 11.9. The number of aryl methyl sites for hydroxylation is 1. The van der Waals surface area contributed by atoms with Gasteiger partial charge in [0.2, 0.25) is 0 Å². The van der Waals surface area contributed by atoms with Crippen LogP contribution in [0.15, 0.2) is 48.5 Å². The second-order valence-corrected chi connectivity index (χ2v) is 10.9. The number of hydrogen-bond donors (Lipinski definition) is 3. The van der Waals surface area contributed by atoms with Crippen LogP contribution in [0.3, 0.4) is 0 Å². The first-order valence-corrected chi connectivity index (χ1v) is 12.0. The van der Waals surface area contributed by atoms with Crippen LogP contribution >= 0.6 is 0 Å². The second-order valence-electron chi connectivity index (χ2n) is 8.48. The molecule has 1 aliphatic carbocycles. The Bertz CT molecular complexity index is 979. The molecular formula is C23H29NO5S. The fourth-order valence-corrected chi connectivity index (χ4v) is 4.79. The predicted octanol–water partition coefficient (Wildman–Crippen LogP) is 3.08. The molecule has 0 radical (unpaired) electrons. The summed E-state index contributed by atoms with van der Waals surface area (Å²) >= 11 is 0. The van der Waals surface area contributed by atoms with E-state index in [1.54, 1.807) is 0 Å². The van der Waals surface area contributed by atoms with Gasteiger partial charge in [0.05, 0.1) is 0 Å². The van der Waals surface area contributed by atoms with E-state index in [4.69, 9.17) is 10.3 Å². The Kier molecular flexibility index (Phi) is 6.65. The van der Waals surface area contributed by atoms with Gasteiger partial charge in [-0.1, -0.05) is 48.5 Å². The number of sulfone groups is 1. The maximum atomic E-state index is 12.1. The van der Waals surface area contributed by atoms with Crippen LogP contribution in [0.2, 0.25) is 0 Å². The van der Waals surface area contributed by atoms with Gasteiger partial charge in [0.25, 0.3) is 5.91 Å². The molecule has 1 atom stereocenters. The number of carbonyl (C=O) groups is 1. The molecule has 1 saturated carbocycles. The molecule has 0 aliphatic heterocycles. The van der Waals surface area contributed by atoms with Crippen molar-refractivity contribution < 1.29 is 23.5 Å². The largest absolute Gasteiger partial charge is 0.396 e. The van der Waals surface area contributed by atoms with Crippen LogP contribution in [-0.2, 0) is 21.1 Å². The van der Waals surface area contributed by atoms with E-state index in [9.17, 15) is 13.2 Å². The Hall–Kier alpha value is -2.22. The van der Waals surface area contributed by atoms with Crippen molar-refractivity contribution in [3.63, 3.8) is 0 Å². The van der Waals surface area contributed by atoms with E-state index in [0.717, 1.165) is 35.8 Å². The number of benzene rings is 2. The summed E-state index contributed by atoms with van der Waals surface area (Å²) in [5.74, 6) is 0.0626. The average Bonchev–Trinajstić information content (AvgIpc) is 2.70. The lowest BCUT2D eigenvalue weighted by Crippen LogP contribution is -2.49. The Morgan fingerprint density at radius 2 is 1.60 bits per heavy atom. The van der Waals surface area contributed by atoms with Crippen molar-refractivity contribution in [1.82, 2.24) is 5.48 Å². The van der Waals surface area contributed by atoms with E-state index >= 15 is 0 Å². The van der Waals surface area contributed by atoms with Crippen LogP contribution in [-0.4, -0.2) is 42.2 Å². The third kappa shape index (κ3) is 4.58. The standard InChI is InChI=1S/C23H29NO5S/c1-23(22(26)24-27,30(2,28)29)12-11-16-3-5-18(6-4-16)19-7-9-20(10-8-19)21-13-17(14-21)15-25/h3-10,17,21,25,27H,11-15H2,1-2H3,(H,24,26). The molecule has 1 fully saturated rings. The zero-order chi connectivity index (χ0) is 21.9. The molecule has 2 aromatic rings. The molecular weight excluding hydrogens is 402 g/mol. The predicted molar refractivity (Wildman–Crippen MR) is 116 cm³/mol. The van der Waals surface area contributed by atoms with Crippen molar-refractivity contribution in [1.29, 1.82) is 0 Å². The summed E-state index contributed by atoms with van der Waals surface area (Å²) in [6.07, 6.45) is 3.56. The maximum Gasteiger partial charge on any atom is 0.264 e. The van der Waals surface area contributed by atoms with Crippen LogP contribution in [0.5, 0.6) is 0 Å². The number of nitrogens with one attached hydrogen (secondary N) is 1. The van der Waals surface area contributed by atoms with Gasteiger partial charge in [-0.05, 0) is 66.7 Å². The van der Waals surface area contributed by atoms with Crippen molar-refractivity contribution in [2.24, 2.45) is 5.92 Å². The van der Waals surface area contributed by atoms with Gasteiger partial charge >= 0.3 is 0 Å². The first-order chi connectivity index (χ1) is 14.2. The number of carbonyl (C=O) groups excluding carboxylic acids is 1. The molecule has 3 N–H and O–H groups in total. The van der Waals surface area contributed by atoms with Crippen LogP contribution in [0.4, 0.5) is 0 Å². The van der Waals surface area contributed by atoms with E-state index in [-0.39, 0.29) is 13.0 Å². The third-order valence-electron chi connectivity index (χ3n) is 6.45. The number of amides is 1. The van der Waals surface area contributed by atoms with Crippen molar-refractivity contribution in [2.45, 2.75) is 43.3 Å². The Balaban J connectivity index is 1.66. The molecule has 6 nitrogen and oxygen atoms in total. The van der Waals surface area contributed by atoms with E-state index in [2.05, 4.69) is 24.3 Å². The minimum atomic E-state index is -3.70. The lowest BCUT2D eigenvalue weighted by atomic mass is 9.72. The summed E-state index contributed by atoms with van der Waals surface area (Å²) < 4.78 is 22.4. The summed E-state index contributed by atoms with van der Waals surface area (Å²) in [5, 5.41) is 18.1. The number of rotatable bonds is 8. The Morgan fingerprint density at radius 3 is 2.07 bits per heavy atom. The normalized spacial score (nSPS) is 20.8. The molecule has 7 heteroatoms. The minimum absolute atomic E-state index is 0.0719. The fraction of sp³-hybridized carbons (Fsp3) is 0.435. The maximum absolute atomic E-state index is 12.1. The fourth-order valence-electron chi connectivity index (χ4n) is 3.94. The van der Waals surface area contributed by atoms with Crippen molar-refractivity contribution in [3.05, 3.63) is 59.7 Å². The van der Waals surface area contributed by atoms with E-state index < -0.39 is 20.5 Å². The van der Waals surface area contributed by atoms with E-state index in [0.29, 0.717) is 18.3 Å². The minimum Gasteiger partial charge on any atom is -0.396 e. The van der Waals surface area contributed by atoms with Gasteiger partial charge in [-0.3, -0.25) is 10.0 Å². The van der Waals surface area contributed by atoms with Gasteiger partial charge in [-0.15, -0.1) is 0 Å². The summed E-state index contributed by atoms with van der Waals surface area (Å²) in [6, 6.07) is 16.3. The molecule has 162 valence electrons. The van der Waals surface area contributed by atoms with Crippen LogP contribution in [0.1, 0.15) is 43.2 Å². The quantitative estimate of drug-likeness (QED) is 0.440. The molecule has 0 bridgehead atoms. The molecule has 0 spiro atoms. The van der Waals surface area contributed by atoms with Gasteiger partial charge in [-0.2, -0.15) is 0 Å². The SMILES string of the molecule is CC(CCc1ccc(-c2ccc(C3CC(CO)C3)cc2)cc1)(C(=O)NO)S(C)(=O)=O. The molecule has 1 amide bonds. The Labute approximate surface area is 177 Å². The average molecular weight is 432 g/mol. The van der Waals surface area contributed by atoms with Gasteiger partial charge in [0.1, 0.15) is 4.75 Å². The number of hydroxylamine groups is 1. The van der Waals surface area contributed by atoms with Crippen LogP contribution < -0.4 is 5.48 Å². The molecule has 1 aliphatic rings. The first-order valence-electron chi connectivity index (χ1n) is 10.1. The molecule has 3 rings (SSSR count). The number of hydrogen-bond acceptors (Lipinski definition) is 5. The van der Waals surface area contributed by atoms with Crippen molar-refractivity contribution >= 4 is 15.7 Å². The molecule has 0 heterocycles. The molecule has 0 aromatic heterocycles. The smallest absolute Gasteiger partial charge is 0.264 e. The van der Waals surface area contributed by atoms with E-state index in [1.165, 1.54) is 18.0 Å². The van der Waals surface area contributed by atoms with Crippen LogP contribution in [0.25, 0.3) is 11.1 Å². The summed E-state index contributed by atoms with van der Waals surface area (Å²) in [7, 11) is -3.70. The topological polar surface area (TPSA) is 104 Å². The van der Waals surface area contributed by atoms with Crippen molar-refractivity contribution in [2.75, 3.05) is 12.9 Å². The molecule has 1 unspecified atom stereocenters. The van der Waals surface area contributed by atoms with Crippen molar-refractivity contribution in [3.8, 4) is 11.1 Å². The number of aliphatic hydroxyl groups is 1. The lowest BCUT2D eigenvalue weighted by molar-refractivity contribution is -0.131. The summed E-state index contributed by atoms with van der Waals surface area (Å²) in [6.45, 7) is 1.60. The Morgan fingerprint density at radius 1 is 1.07 bits per heavy atom. The molecule has 2 aromatic carbocycles. The molecule has 30 heavy (non-hydrogen) atoms. The highest BCUT2D eigenvalue weighted by Crippen LogP contribution is 2.41. The summed E-state index contributed by atoms with van der Waals surface area (Å²) in [5.41, 5.74) is 5.86. The number of aliphatic hydroxyl groups excluding tert-OH is 1. The highest BCUT2D eigenvalue weighted by atomic mass is 32.2. The zero-order valence-electron chi connectivity index (χ0n) is 17.3. The zero-order valence-corrected chi connectivity index (χ0v) is 18.2. The van der Waals surface area contributed by atoms with Gasteiger partial charge < -0.3 is 5.11 Å². The highest BCUT2D eigenvalue weighted by Gasteiger charge is 2.43. The van der Waals surface area contributed by atoms with Gasteiger partial charge in [-0.25, -0.2) is 13.9 Å². The highest BCUT2D eigenvalue weighted by molar-refractivity contribution is 7.92. The molecule has 0 saturated heterocycles. The first kappa shape index (κ1) is 22.5. The van der Waals surface area contributed by atoms with Gasteiger partial charge in [0.15, 0.2) is 9.84 Å². The van der Waals surface area contributed by atoms with E-state index in [1.807, 2.05) is 24.3 Å². The second kappa shape index (κ2) is 8.88. The van der Waals surface area contributed by atoms with Gasteiger partial charge in [0, 0.05) is 12.9 Å².